The quantitative estimate of drug-likeness (QED) is 0.641. The van der Waals surface area contributed by atoms with E-state index < -0.39 is 5.69 Å². The van der Waals surface area contributed by atoms with Crippen molar-refractivity contribution < 1.29 is 0 Å². The number of fused-ring (bicyclic) bond motifs is 1. The maximum Gasteiger partial charge on any atom is 0.333 e. The molecule has 1 aromatic carbocycles. The molecule has 2 N–H and O–H groups in total. The van der Waals surface area contributed by atoms with Gasteiger partial charge in [0, 0.05) is 36.3 Å². The maximum atomic E-state index is 13.3. The molecule has 0 saturated carbocycles. The number of piperidine rings is 1. The minimum absolute atomic E-state index is 0.00267. The summed E-state index contributed by atoms with van der Waals surface area (Å²) < 4.78 is 2.72. The molecule has 160 valence electrons. The third kappa shape index (κ3) is 4.23. The summed E-state index contributed by atoms with van der Waals surface area (Å²) in [5.41, 5.74) is 6.92. The molecule has 1 aliphatic heterocycles. The van der Waals surface area contributed by atoms with Crippen LogP contribution in [0.1, 0.15) is 31.3 Å². The van der Waals surface area contributed by atoms with E-state index in [1.54, 1.807) is 11.5 Å². The predicted molar refractivity (Wildman–Crippen MR) is 121 cm³/mol. The summed E-state index contributed by atoms with van der Waals surface area (Å²) in [7, 11) is 0. The molecule has 1 saturated heterocycles. The lowest BCUT2D eigenvalue weighted by molar-refractivity contribution is 0.491. The highest BCUT2D eigenvalue weighted by molar-refractivity contribution is 5.80. The molecule has 8 heteroatoms. The molecule has 1 fully saturated rings. The lowest BCUT2D eigenvalue weighted by Gasteiger charge is -2.33. The van der Waals surface area contributed by atoms with Crippen LogP contribution in [0.25, 0.3) is 10.9 Å². The summed E-state index contributed by atoms with van der Waals surface area (Å²) in [6.07, 6.45) is 1.85. The standard InChI is InChI=1S/C23H26N6O2/c1-3-4-12-28-21(27-11-7-8-17(24)14-27)13-22(30)29(23(28)31)15-20-25-16(2)18-9-5-6-10-19(18)26-20/h5-6,9-10,13,17H,7-8,11-12,14-15,24H2,1-2H3. The third-order valence-electron chi connectivity index (χ3n) is 5.59. The van der Waals surface area contributed by atoms with Gasteiger partial charge in [0.1, 0.15) is 11.6 Å². The number of para-hydroxylation sites is 1. The summed E-state index contributed by atoms with van der Waals surface area (Å²) in [6.45, 7) is 5.19. The van der Waals surface area contributed by atoms with Crippen molar-refractivity contribution >= 4 is 16.7 Å². The zero-order chi connectivity index (χ0) is 22.0. The molecule has 0 amide bonds. The Bertz CT molecular complexity index is 1300. The van der Waals surface area contributed by atoms with E-state index in [1.807, 2.05) is 36.1 Å². The number of hydrogen-bond acceptors (Lipinski definition) is 6. The second-order valence-corrected chi connectivity index (χ2v) is 7.81. The van der Waals surface area contributed by atoms with Crippen LogP contribution >= 0.6 is 0 Å². The van der Waals surface area contributed by atoms with Crippen LogP contribution < -0.4 is 21.9 Å². The Labute approximate surface area is 180 Å². The largest absolute Gasteiger partial charge is 0.356 e. The smallest absolute Gasteiger partial charge is 0.333 e. The van der Waals surface area contributed by atoms with Crippen molar-refractivity contribution in [1.29, 1.82) is 0 Å². The first-order chi connectivity index (χ1) is 15.0. The number of hydrogen-bond donors (Lipinski definition) is 1. The van der Waals surface area contributed by atoms with E-state index in [9.17, 15) is 9.59 Å². The van der Waals surface area contributed by atoms with Gasteiger partial charge < -0.3 is 10.6 Å². The van der Waals surface area contributed by atoms with Crippen LogP contribution in [0.2, 0.25) is 0 Å². The molecule has 1 atom stereocenters. The first kappa shape index (κ1) is 20.8. The minimum Gasteiger partial charge on any atom is -0.356 e. The first-order valence-electron chi connectivity index (χ1n) is 10.4. The van der Waals surface area contributed by atoms with Gasteiger partial charge in [0.25, 0.3) is 5.56 Å². The molecular formula is C23H26N6O2. The highest BCUT2D eigenvalue weighted by Gasteiger charge is 2.22. The summed E-state index contributed by atoms with van der Waals surface area (Å²) >= 11 is 0. The highest BCUT2D eigenvalue weighted by atomic mass is 16.2. The molecule has 1 unspecified atom stereocenters. The average molecular weight is 419 g/mol. The van der Waals surface area contributed by atoms with E-state index in [2.05, 4.69) is 21.8 Å². The molecule has 8 nitrogen and oxygen atoms in total. The number of nitrogens with two attached hydrogens (primary N) is 1. The maximum absolute atomic E-state index is 13.3. The second kappa shape index (κ2) is 8.74. The van der Waals surface area contributed by atoms with Gasteiger partial charge in [-0.1, -0.05) is 24.1 Å². The van der Waals surface area contributed by atoms with Gasteiger partial charge in [-0.3, -0.25) is 13.9 Å². The minimum atomic E-state index is -0.418. The van der Waals surface area contributed by atoms with E-state index >= 15 is 0 Å². The Morgan fingerprint density at radius 1 is 1.19 bits per heavy atom. The Kier molecular flexibility index (Phi) is 5.87. The van der Waals surface area contributed by atoms with Gasteiger partial charge in [-0.25, -0.2) is 14.8 Å². The molecule has 0 spiro atoms. The van der Waals surface area contributed by atoms with Crippen molar-refractivity contribution in [1.82, 2.24) is 19.1 Å². The molecule has 3 aromatic rings. The summed E-state index contributed by atoms with van der Waals surface area (Å²) in [5.74, 6) is 6.77. The Morgan fingerprint density at radius 2 is 2.00 bits per heavy atom. The van der Waals surface area contributed by atoms with E-state index in [-0.39, 0.29) is 24.7 Å². The van der Waals surface area contributed by atoms with Gasteiger partial charge in [0.15, 0.2) is 0 Å². The molecule has 3 heterocycles. The molecule has 0 bridgehead atoms. The molecular weight excluding hydrogens is 392 g/mol. The number of rotatable bonds is 4. The van der Waals surface area contributed by atoms with E-state index in [0.29, 0.717) is 18.2 Å². The van der Waals surface area contributed by atoms with Crippen LogP contribution in [0.15, 0.2) is 39.9 Å². The molecule has 4 rings (SSSR count). The van der Waals surface area contributed by atoms with Gasteiger partial charge in [-0.05, 0) is 32.8 Å². The van der Waals surface area contributed by atoms with E-state index in [1.165, 1.54) is 10.6 Å². The number of aromatic nitrogens is 4. The fourth-order valence-electron chi connectivity index (χ4n) is 4.04. The van der Waals surface area contributed by atoms with Crippen LogP contribution in [0, 0.1) is 18.8 Å². The Morgan fingerprint density at radius 3 is 2.77 bits per heavy atom. The molecule has 2 aromatic heterocycles. The molecule has 0 radical (unpaired) electrons. The lowest BCUT2D eigenvalue weighted by atomic mass is 10.1. The SMILES string of the molecule is CC#CCn1c(N2CCCC(N)C2)cc(=O)n(Cc2nc(C)c3ccccc3n2)c1=O. The molecule has 1 aliphatic rings. The summed E-state index contributed by atoms with van der Waals surface area (Å²) in [4.78, 5) is 37.4. The number of anilines is 1. The zero-order valence-electron chi connectivity index (χ0n) is 17.8. The lowest BCUT2D eigenvalue weighted by Crippen LogP contribution is -2.48. The Hall–Kier alpha value is -3.44. The van der Waals surface area contributed by atoms with Crippen molar-refractivity contribution in [3.63, 3.8) is 0 Å². The molecule has 0 aliphatic carbocycles. The van der Waals surface area contributed by atoms with Crippen LogP contribution in [0.5, 0.6) is 0 Å². The van der Waals surface area contributed by atoms with E-state index in [0.717, 1.165) is 36.0 Å². The summed E-state index contributed by atoms with van der Waals surface area (Å²) in [6, 6.07) is 9.21. The fraction of sp³-hybridized carbons (Fsp3) is 0.391. The fourth-order valence-corrected chi connectivity index (χ4v) is 4.04. The predicted octanol–water partition coefficient (Wildman–Crippen LogP) is 1.26. The highest BCUT2D eigenvalue weighted by Crippen LogP contribution is 2.18. The van der Waals surface area contributed by atoms with E-state index in [4.69, 9.17) is 5.73 Å². The number of aryl methyl sites for hydroxylation is 1. The van der Waals surface area contributed by atoms with Crippen LogP contribution in [-0.2, 0) is 13.1 Å². The van der Waals surface area contributed by atoms with Gasteiger partial charge in [-0.2, -0.15) is 0 Å². The van der Waals surface area contributed by atoms with Crippen LogP contribution in [0.3, 0.4) is 0 Å². The van der Waals surface area contributed by atoms with Crippen molar-refractivity contribution in [3.05, 3.63) is 62.7 Å². The van der Waals surface area contributed by atoms with Gasteiger partial charge in [0.2, 0.25) is 0 Å². The number of nitrogens with zero attached hydrogens (tertiary/aromatic N) is 5. The summed E-state index contributed by atoms with van der Waals surface area (Å²) in [5, 5.41) is 0.950. The Balaban J connectivity index is 1.79. The van der Waals surface area contributed by atoms with Crippen LogP contribution in [-0.4, -0.2) is 38.2 Å². The average Bonchev–Trinajstić information content (AvgIpc) is 2.76. The van der Waals surface area contributed by atoms with Crippen LogP contribution in [0.4, 0.5) is 5.82 Å². The van der Waals surface area contributed by atoms with Gasteiger partial charge >= 0.3 is 5.69 Å². The first-order valence-corrected chi connectivity index (χ1v) is 10.4. The topological polar surface area (TPSA) is 99.0 Å². The van der Waals surface area contributed by atoms with Crippen molar-refractivity contribution in [2.45, 2.75) is 45.8 Å². The van der Waals surface area contributed by atoms with Crippen molar-refractivity contribution in [3.8, 4) is 11.8 Å². The number of benzene rings is 1. The van der Waals surface area contributed by atoms with Gasteiger partial charge in [-0.15, -0.1) is 5.92 Å². The second-order valence-electron chi connectivity index (χ2n) is 7.81. The monoisotopic (exact) mass is 418 g/mol. The van der Waals surface area contributed by atoms with Gasteiger partial charge in [0.05, 0.1) is 18.6 Å². The van der Waals surface area contributed by atoms with Crippen molar-refractivity contribution in [2.75, 3.05) is 18.0 Å². The zero-order valence-corrected chi connectivity index (χ0v) is 17.8. The van der Waals surface area contributed by atoms with Crippen molar-refractivity contribution in [2.24, 2.45) is 5.73 Å². The third-order valence-corrected chi connectivity index (χ3v) is 5.59. The normalized spacial score (nSPS) is 16.2. The molecule has 31 heavy (non-hydrogen) atoms.